The first-order chi connectivity index (χ1) is 11.1. The van der Waals surface area contributed by atoms with Gasteiger partial charge in [-0.3, -0.25) is 14.2 Å². The van der Waals surface area contributed by atoms with Gasteiger partial charge in [0.1, 0.15) is 11.4 Å². The van der Waals surface area contributed by atoms with E-state index in [0.29, 0.717) is 5.70 Å². The maximum absolute atomic E-state index is 13.0. The predicted molar refractivity (Wildman–Crippen MR) is 97.3 cm³/mol. The number of hydrogen-bond donors (Lipinski definition) is 1. The lowest BCUT2D eigenvalue weighted by molar-refractivity contribution is -0.861. The third-order valence-electron chi connectivity index (χ3n) is 5.02. The molecule has 3 heterocycles. The van der Waals surface area contributed by atoms with E-state index in [1.807, 2.05) is 19.6 Å². The Morgan fingerprint density at radius 2 is 1.92 bits per heavy atom. The molecule has 2 fully saturated rings. The fourth-order valence-electron chi connectivity index (χ4n) is 3.96. The third kappa shape index (κ3) is 2.83. The predicted octanol–water partition coefficient (Wildman–Crippen LogP) is 1.45. The summed E-state index contributed by atoms with van der Waals surface area (Å²) >= 11 is 1.69. The van der Waals surface area contributed by atoms with Crippen LogP contribution in [-0.4, -0.2) is 66.4 Å². The zero-order valence-corrected chi connectivity index (χ0v) is 17.0. The molecule has 0 radical (unpaired) electrons. The largest absolute Gasteiger partial charge is 0.515 e. The summed E-state index contributed by atoms with van der Waals surface area (Å²) < 4.78 is 6.52. The number of quaternary nitrogens is 1. The SMILES string of the molecule is CC1S[C@@H]2[C@H](N)C(=O)N2C(C(=O)O[Si](C)(C)C)=C1[N+]1(C)CCCC1. The molecule has 3 aliphatic heterocycles. The summed E-state index contributed by atoms with van der Waals surface area (Å²) in [5.41, 5.74) is 7.49. The molecule has 0 spiro atoms. The van der Waals surface area contributed by atoms with Gasteiger partial charge in [0.2, 0.25) is 14.2 Å². The molecule has 0 aliphatic carbocycles. The van der Waals surface area contributed by atoms with Crippen molar-refractivity contribution in [3.63, 3.8) is 0 Å². The summed E-state index contributed by atoms with van der Waals surface area (Å²) in [6.07, 6.45) is 2.29. The molecule has 1 unspecified atom stereocenters. The molecular formula is C16H28N3O3SSi+. The molecule has 3 atom stereocenters. The van der Waals surface area contributed by atoms with Gasteiger partial charge in [-0.15, -0.1) is 11.8 Å². The lowest BCUT2D eigenvalue weighted by atomic mass is 10.0. The third-order valence-corrected chi connectivity index (χ3v) is 7.24. The van der Waals surface area contributed by atoms with Gasteiger partial charge < -0.3 is 10.2 Å². The van der Waals surface area contributed by atoms with Gasteiger partial charge in [0.05, 0.1) is 25.4 Å². The van der Waals surface area contributed by atoms with E-state index in [4.69, 9.17) is 10.2 Å². The highest BCUT2D eigenvalue weighted by atomic mass is 32.2. The Labute approximate surface area is 149 Å². The van der Waals surface area contributed by atoms with Crippen molar-refractivity contribution in [1.82, 2.24) is 4.90 Å². The highest BCUT2D eigenvalue weighted by molar-refractivity contribution is 8.00. The Hall–Kier alpha value is -0.833. The van der Waals surface area contributed by atoms with Gasteiger partial charge in [-0.25, -0.2) is 4.79 Å². The topological polar surface area (TPSA) is 72.6 Å². The molecule has 0 aromatic rings. The number of amides is 1. The van der Waals surface area contributed by atoms with Gasteiger partial charge in [0.25, 0.3) is 0 Å². The van der Waals surface area contributed by atoms with Gasteiger partial charge in [-0.05, 0) is 26.6 Å². The zero-order valence-electron chi connectivity index (χ0n) is 15.2. The fraction of sp³-hybridized carbons (Fsp3) is 0.750. The number of nitrogens with zero attached hydrogens (tertiary/aromatic N) is 2. The molecule has 2 saturated heterocycles. The van der Waals surface area contributed by atoms with Crippen molar-refractivity contribution in [2.24, 2.45) is 5.73 Å². The molecule has 0 aromatic heterocycles. The second-order valence-corrected chi connectivity index (χ2v) is 14.1. The van der Waals surface area contributed by atoms with Gasteiger partial charge in [0, 0.05) is 12.8 Å². The number of rotatable bonds is 3. The van der Waals surface area contributed by atoms with E-state index >= 15 is 0 Å². The minimum atomic E-state index is -2.05. The fourth-order valence-corrected chi connectivity index (χ4v) is 6.14. The minimum Gasteiger partial charge on any atom is -0.515 e. The Morgan fingerprint density at radius 3 is 2.46 bits per heavy atom. The quantitative estimate of drug-likeness (QED) is 0.462. The average molecular weight is 371 g/mol. The second-order valence-electron chi connectivity index (χ2n) is 8.19. The van der Waals surface area contributed by atoms with Gasteiger partial charge >= 0.3 is 5.97 Å². The average Bonchev–Trinajstić information content (AvgIpc) is 2.91. The van der Waals surface area contributed by atoms with Crippen LogP contribution in [0.1, 0.15) is 19.8 Å². The highest BCUT2D eigenvalue weighted by Crippen LogP contribution is 2.47. The molecule has 2 N–H and O–H groups in total. The van der Waals surface area contributed by atoms with Crippen molar-refractivity contribution in [3.05, 3.63) is 11.4 Å². The number of β-lactam (4-membered cyclic amide) rings is 1. The van der Waals surface area contributed by atoms with E-state index in [9.17, 15) is 9.59 Å². The Bertz CT molecular complexity index is 610. The first kappa shape index (κ1) is 18.0. The molecule has 134 valence electrons. The minimum absolute atomic E-state index is 0.144. The van der Waals surface area contributed by atoms with E-state index < -0.39 is 14.4 Å². The van der Waals surface area contributed by atoms with Crippen molar-refractivity contribution >= 4 is 32.0 Å². The standard InChI is InChI=1S/C16H28N3O3SSi/c1-10-13(19(2)8-6-7-9-19)12(16(21)22-24(3,4)5)18-14(20)11(17)15(18)23-10/h10-11,15H,6-9,17H2,1-5H3/q+1/t10?,11-,15-/m1/s1. The summed E-state index contributed by atoms with van der Waals surface area (Å²) in [6.45, 7) is 10.1. The van der Waals surface area contributed by atoms with E-state index in [0.717, 1.165) is 36.1 Å². The zero-order chi connectivity index (χ0) is 17.9. The maximum Gasteiger partial charge on any atom is 0.347 e. The maximum atomic E-state index is 13.0. The van der Waals surface area contributed by atoms with E-state index in [1.165, 1.54) is 0 Å². The smallest absolute Gasteiger partial charge is 0.347 e. The number of thioether (sulfide) groups is 1. The summed E-state index contributed by atoms with van der Waals surface area (Å²) in [5, 5.41) is 0.00678. The lowest BCUT2D eigenvalue weighted by Crippen LogP contribution is -2.70. The van der Waals surface area contributed by atoms with Crippen LogP contribution in [0.3, 0.4) is 0 Å². The second kappa shape index (κ2) is 5.86. The number of carbonyl (C=O) groups excluding carboxylic acids is 2. The van der Waals surface area contributed by atoms with Gasteiger partial charge in [-0.1, -0.05) is 0 Å². The molecule has 0 saturated carbocycles. The van der Waals surface area contributed by atoms with Crippen LogP contribution in [0.2, 0.25) is 19.6 Å². The van der Waals surface area contributed by atoms with Crippen LogP contribution < -0.4 is 5.73 Å². The normalized spacial score (nSPS) is 32.5. The first-order valence-electron chi connectivity index (χ1n) is 8.62. The van der Waals surface area contributed by atoms with Crippen LogP contribution >= 0.6 is 11.8 Å². The van der Waals surface area contributed by atoms with Crippen LogP contribution in [0, 0.1) is 0 Å². The van der Waals surface area contributed by atoms with E-state index in [2.05, 4.69) is 14.0 Å². The Kier molecular flexibility index (Phi) is 4.39. The summed E-state index contributed by atoms with van der Waals surface area (Å²) in [7, 11) is 0.119. The Morgan fingerprint density at radius 1 is 1.33 bits per heavy atom. The van der Waals surface area contributed by atoms with Crippen LogP contribution in [0.5, 0.6) is 0 Å². The van der Waals surface area contributed by atoms with E-state index in [1.54, 1.807) is 16.7 Å². The molecule has 24 heavy (non-hydrogen) atoms. The van der Waals surface area contributed by atoms with Crippen molar-refractivity contribution in [1.29, 1.82) is 0 Å². The van der Waals surface area contributed by atoms with E-state index in [-0.39, 0.29) is 22.5 Å². The van der Waals surface area contributed by atoms with Gasteiger partial charge in [0.15, 0.2) is 11.4 Å². The lowest BCUT2D eigenvalue weighted by Gasteiger charge is -2.51. The van der Waals surface area contributed by atoms with Crippen LogP contribution in [0.4, 0.5) is 0 Å². The number of hydrogen-bond acceptors (Lipinski definition) is 5. The van der Waals surface area contributed by atoms with Crippen LogP contribution in [-0.2, 0) is 14.0 Å². The van der Waals surface area contributed by atoms with Crippen LogP contribution in [0.25, 0.3) is 0 Å². The molecule has 8 heteroatoms. The molecular weight excluding hydrogens is 342 g/mol. The molecule has 3 rings (SSSR count). The summed E-state index contributed by atoms with van der Waals surface area (Å²) in [6, 6.07) is -0.516. The van der Waals surface area contributed by atoms with Gasteiger partial charge in [-0.2, -0.15) is 0 Å². The van der Waals surface area contributed by atoms with Crippen molar-refractivity contribution < 1.29 is 18.5 Å². The van der Waals surface area contributed by atoms with Crippen molar-refractivity contribution in [3.8, 4) is 0 Å². The number of nitrogens with two attached hydrogens (primary N) is 1. The molecule has 1 amide bonds. The molecule has 3 aliphatic rings. The number of likely N-dealkylation sites (tertiary alicyclic amines) is 1. The Balaban J connectivity index is 2.08. The summed E-state index contributed by atoms with van der Waals surface area (Å²) in [5.74, 6) is -0.502. The molecule has 0 aromatic carbocycles. The molecule has 6 nitrogen and oxygen atoms in total. The molecule has 0 bridgehead atoms. The van der Waals surface area contributed by atoms with Crippen LogP contribution in [0.15, 0.2) is 11.4 Å². The van der Waals surface area contributed by atoms with Crippen molar-refractivity contribution in [2.75, 3.05) is 20.1 Å². The first-order valence-corrected chi connectivity index (χ1v) is 13.0. The summed E-state index contributed by atoms with van der Waals surface area (Å²) in [4.78, 5) is 27.0. The monoisotopic (exact) mass is 370 g/mol. The van der Waals surface area contributed by atoms with Crippen molar-refractivity contribution in [2.45, 2.75) is 56.1 Å². The number of fused-ring (bicyclic) bond motifs is 1. The number of carbonyl (C=O) groups is 2. The highest BCUT2D eigenvalue weighted by Gasteiger charge is 2.57.